The molecule has 100 valence electrons. The van der Waals surface area contributed by atoms with Crippen LogP contribution in [-0.4, -0.2) is 20.7 Å². The smallest absolute Gasteiger partial charge is 0.251 e. The fourth-order valence-electron chi connectivity index (χ4n) is 1.82. The quantitative estimate of drug-likeness (QED) is 0.911. The topological polar surface area (TPSA) is 59.8 Å². The third-order valence-electron chi connectivity index (χ3n) is 2.88. The van der Waals surface area contributed by atoms with Crippen molar-refractivity contribution in [3.8, 4) is 0 Å². The van der Waals surface area contributed by atoms with Crippen LogP contribution in [0.25, 0.3) is 0 Å². The van der Waals surface area contributed by atoms with Gasteiger partial charge < -0.3 is 9.88 Å². The molecule has 1 heterocycles. The second kappa shape index (κ2) is 5.60. The SMILES string of the molecule is CCn1cnnc1CNC(=O)c1ccc(F)cc1C. The average Bonchev–Trinajstić information content (AvgIpc) is 2.83. The van der Waals surface area contributed by atoms with E-state index < -0.39 is 0 Å². The first kappa shape index (κ1) is 13.2. The zero-order chi connectivity index (χ0) is 13.8. The van der Waals surface area contributed by atoms with Crippen LogP contribution in [0.3, 0.4) is 0 Å². The van der Waals surface area contributed by atoms with Gasteiger partial charge in [0.15, 0.2) is 5.82 Å². The standard InChI is InChI=1S/C13H15FN4O/c1-3-18-8-16-17-12(18)7-15-13(19)11-5-4-10(14)6-9(11)2/h4-6,8H,3,7H2,1-2H3,(H,15,19). The van der Waals surface area contributed by atoms with E-state index in [-0.39, 0.29) is 11.7 Å². The maximum absolute atomic E-state index is 13.0. The zero-order valence-electron chi connectivity index (χ0n) is 10.9. The van der Waals surface area contributed by atoms with E-state index in [1.54, 1.807) is 13.3 Å². The molecule has 0 saturated heterocycles. The molecule has 1 N–H and O–H groups in total. The molecule has 0 spiro atoms. The Labute approximate surface area is 110 Å². The molecule has 5 nitrogen and oxygen atoms in total. The van der Waals surface area contributed by atoms with Gasteiger partial charge in [0, 0.05) is 12.1 Å². The van der Waals surface area contributed by atoms with E-state index in [9.17, 15) is 9.18 Å². The maximum Gasteiger partial charge on any atom is 0.251 e. The van der Waals surface area contributed by atoms with Gasteiger partial charge in [-0.25, -0.2) is 4.39 Å². The van der Waals surface area contributed by atoms with E-state index in [2.05, 4.69) is 15.5 Å². The number of nitrogens with zero attached hydrogens (tertiary/aromatic N) is 3. The van der Waals surface area contributed by atoms with Crippen LogP contribution in [0, 0.1) is 12.7 Å². The highest BCUT2D eigenvalue weighted by atomic mass is 19.1. The monoisotopic (exact) mass is 262 g/mol. The minimum Gasteiger partial charge on any atom is -0.345 e. The number of hydrogen-bond acceptors (Lipinski definition) is 3. The number of amides is 1. The fraction of sp³-hybridized carbons (Fsp3) is 0.308. The molecule has 0 aliphatic rings. The number of aryl methyl sites for hydroxylation is 2. The number of benzene rings is 1. The fourth-order valence-corrected chi connectivity index (χ4v) is 1.82. The molecule has 19 heavy (non-hydrogen) atoms. The van der Waals surface area contributed by atoms with E-state index in [4.69, 9.17) is 0 Å². The number of halogens is 1. The summed E-state index contributed by atoms with van der Waals surface area (Å²) >= 11 is 0. The minimum absolute atomic E-state index is 0.247. The van der Waals surface area contributed by atoms with Crippen LogP contribution in [-0.2, 0) is 13.1 Å². The van der Waals surface area contributed by atoms with Crippen molar-refractivity contribution in [1.82, 2.24) is 20.1 Å². The number of carbonyl (C=O) groups excluding carboxylic acids is 1. The van der Waals surface area contributed by atoms with Gasteiger partial charge in [0.1, 0.15) is 12.1 Å². The summed E-state index contributed by atoms with van der Waals surface area (Å²) < 4.78 is 14.8. The molecule has 6 heteroatoms. The molecule has 0 radical (unpaired) electrons. The summed E-state index contributed by atoms with van der Waals surface area (Å²) in [5, 5.41) is 10.5. The normalized spacial score (nSPS) is 10.5. The Hall–Kier alpha value is -2.24. The molecular weight excluding hydrogens is 247 g/mol. The van der Waals surface area contributed by atoms with Crippen molar-refractivity contribution in [3.63, 3.8) is 0 Å². The van der Waals surface area contributed by atoms with Gasteiger partial charge in [-0.2, -0.15) is 0 Å². The van der Waals surface area contributed by atoms with Gasteiger partial charge in [-0.15, -0.1) is 10.2 Å². The first-order chi connectivity index (χ1) is 9.11. The Morgan fingerprint density at radius 3 is 2.95 bits per heavy atom. The van der Waals surface area contributed by atoms with Crippen molar-refractivity contribution in [2.24, 2.45) is 0 Å². The number of rotatable bonds is 4. The van der Waals surface area contributed by atoms with Crippen LogP contribution < -0.4 is 5.32 Å². The Kier molecular flexibility index (Phi) is 3.89. The minimum atomic E-state index is -0.347. The summed E-state index contributed by atoms with van der Waals surface area (Å²) in [6.07, 6.45) is 1.62. The summed E-state index contributed by atoms with van der Waals surface area (Å²) in [5.74, 6) is 0.0959. The second-order valence-corrected chi connectivity index (χ2v) is 4.18. The lowest BCUT2D eigenvalue weighted by atomic mass is 10.1. The van der Waals surface area contributed by atoms with Crippen molar-refractivity contribution >= 4 is 5.91 Å². The summed E-state index contributed by atoms with van der Waals surface area (Å²) in [6, 6.07) is 4.09. The van der Waals surface area contributed by atoms with Crippen LogP contribution in [0.2, 0.25) is 0 Å². The third-order valence-corrected chi connectivity index (χ3v) is 2.88. The molecule has 1 aromatic heterocycles. The largest absolute Gasteiger partial charge is 0.345 e. The summed E-state index contributed by atoms with van der Waals surface area (Å²) in [6.45, 7) is 4.71. The van der Waals surface area contributed by atoms with E-state index in [0.29, 0.717) is 23.5 Å². The zero-order valence-corrected chi connectivity index (χ0v) is 10.9. The van der Waals surface area contributed by atoms with E-state index in [0.717, 1.165) is 6.54 Å². The molecule has 1 amide bonds. The maximum atomic E-state index is 13.0. The Balaban J connectivity index is 2.05. The van der Waals surface area contributed by atoms with Crippen LogP contribution in [0.4, 0.5) is 4.39 Å². The Morgan fingerprint density at radius 2 is 2.26 bits per heavy atom. The predicted octanol–water partition coefficient (Wildman–Crippen LogP) is 1.68. The molecule has 0 aliphatic carbocycles. The highest BCUT2D eigenvalue weighted by molar-refractivity contribution is 5.95. The first-order valence-electron chi connectivity index (χ1n) is 6.03. The second-order valence-electron chi connectivity index (χ2n) is 4.18. The van der Waals surface area contributed by atoms with Gasteiger partial charge in [0.2, 0.25) is 0 Å². The molecule has 0 fully saturated rings. The van der Waals surface area contributed by atoms with Crippen LogP contribution in [0.15, 0.2) is 24.5 Å². The van der Waals surface area contributed by atoms with Crippen LogP contribution in [0.1, 0.15) is 28.7 Å². The molecule has 0 bridgehead atoms. The lowest BCUT2D eigenvalue weighted by molar-refractivity contribution is 0.0949. The first-order valence-corrected chi connectivity index (χ1v) is 6.03. The van der Waals surface area contributed by atoms with Crippen molar-refractivity contribution in [2.75, 3.05) is 0 Å². The summed E-state index contributed by atoms with van der Waals surface area (Å²) in [4.78, 5) is 12.0. The lowest BCUT2D eigenvalue weighted by Gasteiger charge is -2.08. The summed E-state index contributed by atoms with van der Waals surface area (Å²) in [7, 11) is 0. The van der Waals surface area contributed by atoms with Crippen molar-refractivity contribution in [3.05, 3.63) is 47.3 Å². The number of nitrogens with one attached hydrogen (secondary N) is 1. The van der Waals surface area contributed by atoms with E-state index in [1.807, 2.05) is 11.5 Å². The number of hydrogen-bond donors (Lipinski definition) is 1. The molecule has 1 aromatic carbocycles. The molecule has 2 aromatic rings. The Morgan fingerprint density at radius 1 is 1.47 bits per heavy atom. The third kappa shape index (κ3) is 2.96. The van der Waals surface area contributed by atoms with Gasteiger partial charge in [0.25, 0.3) is 5.91 Å². The Bertz CT molecular complexity index is 594. The summed E-state index contributed by atoms with van der Waals surface area (Å²) in [5.41, 5.74) is 1.07. The molecular formula is C13H15FN4O. The average molecular weight is 262 g/mol. The van der Waals surface area contributed by atoms with Crippen molar-refractivity contribution in [2.45, 2.75) is 26.9 Å². The van der Waals surface area contributed by atoms with Crippen molar-refractivity contribution in [1.29, 1.82) is 0 Å². The number of aromatic nitrogens is 3. The number of carbonyl (C=O) groups is 1. The molecule has 2 rings (SSSR count). The highest BCUT2D eigenvalue weighted by Crippen LogP contribution is 2.10. The van der Waals surface area contributed by atoms with Gasteiger partial charge in [-0.1, -0.05) is 0 Å². The highest BCUT2D eigenvalue weighted by Gasteiger charge is 2.11. The van der Waals surface area contributed by atoms with Crippen LogP contribution >= 0.6 is 0 Å². The molecule has 0 saturated carbocycles. The predicted molar refractivity (Wildman–Crippen MR) is 68.0 cm³/mol. The van der Waals surface area contributed by atoms with Gasteiger partial charge >= 0.3 is 0 Å². The van der Waals surface area contributed by atoms with Crippen molar-refractivity contribution < 1.29 is 9.18 Å². The molecule has 0 atom stereocenters. The lowest BCUT2D eigenvalue weighted by Crippen LogP contribution is -2.25. The van der Waals surface area contributed by atoms with E-state index in [1.165, 1.54) is 18.2 Å². The van der Waals surface area contributed by atoms with E-state index >= 15 is 0 Å². The van der Waals surface area contributed by atoms with Gasteiger partial charge in [-0.05, 0) is 37.6 Å². The van der Waals surface area contributed by atoms with Gasteiger partial charge in [0.05, 0.1) is 6.54 Å². The molecule has 0 aliphatic heterocycles. The molecule has 0 unspecified atom stereocenters. The van der Waals surface area contributed by atoms with Gasteiger partial charge in [-0.3, -0.25) is 4.79 Å². The van der Waals surface area contributed by atoms with Crippen LogP contribution in [0.5, 0.6) is 0 Å².